The number of non-ortho nitro benzene ring substituents is 1. The number of nitrogens with zero attached hydrogens (tertiary/aromatic N) is 3. The van der Waals surface area contributed by atoms with E-state index in [1.54, 1.807) is 12.1 Å². The molecule has 22 heavy (non-hydrogen) atoms. The molecule has 0 aliphatic carbocycles. The Labute approximate surface area is 130 Å². The fourth-order valence-electron chi connectivity index (χ4n) is 2.25. The van der Waals surface area contributed by atoms with Crippen LogP contribution in [0.3, 0.4) is 0 Å². The third-order valence-corrected chi connectivity index (χ3v) is 3.68. The molecule has 112 valence electrons. The van der Waals surface area contributed by atoms with Gasteiger partial charge in [0.1, 0.15) is 0 Å². The molecular formula is C14H11ClN4O3. The van der Waals surface area contributed by atoms with E-state index in [2.05, 4.69) is 20.3 Å². The monoisotopic (exact) mass is 318 g/mol. The number of hydrogen-bond donors (Lipinski definition) is 1. The van der Waals surface area contributed by atoms with Gasteiger partial charge in [0.15, 0.2) is 5.52 Å². The molecule has 0 amide bonds. The molecule has 0 aliphatic heterocycles. The molecule has 1 aromatic heterocycles. The van der Waals surface area contributed by atoms with Crippen LogP contribution in [0.25, 0.3) is 11.0 Å². The average Bonchev–Trinajstić information content (AvgIpc) is 2.97. The summed E-state index contributed by atoms with van der Waals surface area (Å²) in [5.74, 6) is 0. The van der Waals surface area contributed by atoms with E-state index in [-0.39, 0.29) is 17.2 Å². The van der Waals surface area contributed by atoms with Crippen molar-refractivity contribution in [3.8, 4) is 0 Å². The number of aromatic nitrogens is 2. The molecule has 1 unspecified atom stereocenters. The fraction of sp³-hybridized carbons (Fsp3) is 0.143. The predicted molar refractivity (Wildman–Crippen MR) is 81.9 cm³/mol. The Kier molecular flexibility index (Phi) is 3.64. The van der Waals surface area contributed by atoms with Crippen molar-refractivity contribution in [2.24, 2.45) is 0 Å². The van der Waals surface area contributed by atoms with Gasteiger partial charge in [0.05, 0.1) is 16.7 Å². The maximum Gasteiger partial charge on any atom is 0.300 e. The summed E-state index contributed by atoms with van der Waals surface area (Å²) in [6.45, 7) is 1.93. The Morgan fingerprint density at radius 3 is 2.68 bits per heavy atom. The first-order valence-corrected chi connectivity index (χ1v) is 6.86. The summed E-state index contributed by atoms with van der Waals surface area (Å²) in [5, 5.41) is 22.2. The molecule has 1 atom stereocenters. The summed E-state index contributed by atoms with van der Waals surface area (Å²) in [7, 11) is 0. The summed E-state index contributed by atoms with van der Waals surface area (Å²) in [5.41, 5.74) is 1.78. The van der Waals surface area contributed by atoms with E-state index in [1.807, 2.05) is 25.1 Å². The van der Waals surface area contributed by atoms with Gasteiger partial charge in [-0.15, -0.1) is 0 Å². The number of anilines is 1. The van der Waals surface area contributed by atoms with Crippen LogP contribution in [0.4, 0.5) is 11.4 Å². The number of rotatable bonds is 4. The van der Waals surface area contributed by atoms with Crippen LogP contribution in [-0.2, 0) is 0 Å². The molecule has 2 aromatic carbocycles. The van der Waals surface area contributed by atoms with Gasteiger partial charge in [-0.3, -0.25) is 10.1 Å². The van der Waals surface area contributed by atoms with E-state index < -0.39 is 4.92 Å². The number of hydrogen-bond acceptors (Lipinski definition) is 6. The van der Waals surface area contributed by atoms with Crippen LogP contribution >= 0.6 is 11.6 Å². The van der Waals surface area contributed by atoms with Crippen LogP contribution in [0.1, 0.15) is 18.5 Å². The van der Waals surface area contributed by atoms with Crippen LogP contribution < -0.4 is 5.32 Å². The zero-order valence-electron chi connectivity index (χ0n) is 11.5. The standard InChI is InChI=1S/C14H11ClN4O3/c1-8(9-4-2-3-5-10(9)15)16-11-6-7-12(19(20)21)14-13(11)17-22-18-14/h2-8,16H,1H3. The fourth-order valence-corrected chi connectivity index (χ4v) is 2.55. The summed E-state index contributed by atoms with van der Waals surface area (Å²) in [4.78, 5) is 10.5. The Balaban J connectivity index is 1.98. The Morgan fingerprint density at radius 2 is 1.95 bits per heavy atom. The van der Waals surface area contributed by atoms with Crippen molar-refractivity contribution in [1.82, 2.24) is 10.3 Å². The van der Waals surface area contributed by atoms with E-state index in [9.17, 15) is 10.1 Å². The Hall–Kier alpha value is -2.67. The first-order valence-electron chi connectivity index (χ1n) is 6.48. The van der Waals surface area contributed by atoms with Gasteiger partial charge < -0.3 is 5.32 Å². The molecule has 0 bridgehead atoms. The van der Waals surface area contributed by atoms with Gasteiger partial charge in [-0.1, -0.05) is 29.8 Å². The summed E-state index contributed by atoms with van der Waals surface area (Å²) >= 11 is 6.17. The summed E-state index contributed by atoms with van der Waals surface area (Å²) < 4.78 is 4.64. The second kappa shape index (κ2) is 5.61. The number of nitro groups is 1. The van der Waals surface area contributed by atoms with Crippen molar-refractivity contribution in [3.63, 3.8) is 0 Å². The van der Waals surface area contributed by atoms with Crippen molar-refractivity contribution >= 4 is 34.0 Å². The van der Waals surface area contributed by atoms with Crippen LogP contribution in [0.5, 0.6) is 0 Å². The molecule has 0 saturated heterocycles. The average molecular weight is 319 g/mol. The van der Waals surface area contributed by atoms with Crippen LogP contribution in [-0.4, -0.2) is 15.2 Å². The topological polar surface area (TPSA) is 94.1 Å². The quantitative estimate of drug-likeness (QED) is 0.578. The van der Waals surface area contributed by atoms with Crippen LogP contribution in [0, 0.1) is 10.1 Å². The van der Waals surface area contributed by atoms with Crippen LogP contribution in [0.15, 0.2) is 41.0 Å². The lowest BCUT2D eigenvalue weighted by Gasteiger charge is -2.16. The number of nitrogens with one attached hydrogen (secondary N) is 1. The molecule has 3 aromatic rings. The van der Waals surface area contributed by atoms with Gasteiger partial charge in [-0.2, -0.15) is 0 Å². The largest absolute Gasteiger partial charge is 0.377 e. The highest BCUT2D eigenvalue weighted by molar-refractivity contribution is 6.31. The minimum absolute atomic E-state index is 0.112. The molecule has 7 nitrogen and oxygen atoms in total. The lowest BCUT2D eigenvalue weighted by molar-refractivity contribution is -0.383. The first-order chi connectivity index (χ1) is 10.6. The number of fused-ring (bicyclic) bond motifs is 1. The molecule has 8 heteroatoms. The van der Waals surface area contributed by atoms with Gasteiger partial charge in [-0.05, 0) is 34.9 Å². The van der Waals surface area contributed by atoms with Gasteiger partial charge >= 0.3 is 5.69 Å². The van der Waals surface area contributed by atoms with Gasteiger partial charge in [0.25, 0.3) is 0 Å². The highest BCUT2D eigenvalue weighted by atomic mass is 35.5. The second-order valence-electron chi connectivity index (χ2n) is 4.74. The molecule has 0 saturated carbocycles. The van der Waals surface area contributed by atoms with Crippen molar-refractivity contribution in [2.75, 3.05) is 5.32 Å². The maximum atomic E-state index is 11.0. The summed E-state index contributed by atoms with van der Waals surface area (Å²) in [6, 6.07) is 10.3. The number of nitro benzene ring substituents is 1. The molecular weight excluding hydrogens is 308 g/mol. The third-order valence-electron chi connectivity index (χ3n) is 3.33. The van der Waals surface area contributed by atoms with E-state index in [0.29, 0.717) is 16.2 Å². The molecule has 0 fully saturated rings. The van der Waals surface area contributed by atoms with Gasteiger partial charge in [0, 0.05) is 11.1 Å². The molecule has 1 heterocycles. The lowest BCUT2D eigenvalue weighted by Crippen LogP contribution is -2.07. The molecule has 0 aliphatic rings. The zero-order valence-corrected chi connectivity index (χ0v) is 12.2. The highest BCUT2D eigenvalue weighted by Crippen LogP contribution is 2.32. The van der Waals surface area contributed by atoms with E-state index in [0.717, 1.165) is 5.56 Å². The lowest BCUT2D eigenvalue weighted by atomic mass is 10.1. The molecule has 0 radical (unpaired) electrons. The molecule has 0 spiro atoms. The van der Waals surface area contributed by atoms with E-state index in [1.165, 1.54) is 6.07 Å². The minimum Gasteiger partial charge on any atom is -0.377 e. The molecule has 3 rings (SSSR count). The SMILES string of the molecule is CC(Nc1ccc([N+](=O)[O-])c2nonc12)c1ccccc1Cl. The van der Waals surface area contributed by atoms with Gasteiger partial charge in [0.2, 0.25) is 5.52 Å². The second-order valence-corrected chi connectivity index (χ2v) is 5.15. The van der Waals surface area contributed by atoms with Crippen molar-refractivity contribution in [2.45, 2.75) is 13.0 Å². The number of halogens is 1. The Morgan fingerprint density at radius 1 is 1.23 bits per heavy atom. The van der Waals surface area contributed by atoms with Crippen molar-refractivity contribution in [3.05, 3.63) is 57.1 Å². The normalized spacial score (nSPS) is 12.3. The summed E-state index contributed by atoms with van der Waals surface area (Å²) in [6.07, 6.45) is 0. The third kappa shape index (κ3) is 2.46. The first kappa shape index (κ1) is 14.3. The molecule has 1 N–H and O–H groups in total. The Bertz CT molecular complexity index is 849. The van der Waals surface area contributed by atoms with Crippen molar-refractivity contribution < 1.29 is 9.55 Å². The van der Waals surface area contributed by atoms with E-state index in [4.69, 9.17) is 11.6 Å². The van der Waals surface area contributed by atoms with Crippen LogP contribution in [0.2, 0.25) is 5.02 Å². The zero-order chi connectivity index (χ0) is 15.7. The smallest absolute Gasteiger partial charge is 0.300 e. The van der Waals surface area contributed by atoms with E-state index >= 15 is 0 Å². The minimum atomic E-state index is -0.520. The number of benzene rings is 2. The van der Waals surface area contributed by atoms with Crippen molar-refractivity contribution in [1.29, 1.82) is 0 Å². The predicted octanol–water partition coefficient (Wildman–Crippen LogP) is 3.96. The maximum absolute atomic E-state index is 11.0. The van der Waals surface area contributed by atoms with Gasteiger partial charge in [-0.25, -0.2) is 4.63 Å². The highest BCUT2D eigenvalue weighted by Gasteiger charge is 2.20.